The van der Waals surface area contributed by atoms with E-state index in [9.17, 15) is 0 Å². The molecule has 0 spiro atoms. The third-order valence-electron chi connectivity index (χ3n) is 9.85. The highest BCUT2D eigenvalue weighted by Gasteiger charge is 2.36. The molecule has 0 atom stereocenters. The number of benzene rings is 7. The summed E-state index contributed by atoms with van der Waals surface area (Å²) in [5, 5.41) is 2.31. The monoisotopic (exact) mass is 603 g/mol. The first-order valence-corrected chi connectivity index (χ1v) is 16.3. The van der Waals surface area contributed by atoms with Crippen molar-refractivity contribution >= 4 is 39.0 Å². The van der Waals surface area contributed by atoms with Gasteiger partial charge in [0.1, 0.15) is 11.2 Å². The van der Waals surface area contributed by atoms with Crippen LogP contribution in [0.15, 0.2) is 168 Å². The average Bonchev–Trinajstić information content (AvgIpc) is 3.60. The maximum absolute atomic E-state index is 6.11. The van der Waals surface area contributed by atoms with Gasteiger partial charge < -0.3 is 9.32 Å². The summed E-state index contributed by atoms with van der Waals surface area (Å²) in [6.45, 7) is 4.72. The fourth-order valence-corrected chi connectivity index (χ4v) is 7.43. The van der Waals surface area contributed by atoms with Crippen LogP contribution < -0.4 is 4.90 Å². The number of rotatable bonds is 5. The molecule has 0 radical (unpaired) electrons. The predicted octanol–water partition coefficient (Wildman–Crippen LogP) is 12.7. The molecule has 1 aliphatic carbocycles. The van der Waals surface area contributed by atoms with E-state index < -0.39 is 0 Å². The Bertz CT molecular complexity index is 2440. The Morgan fingerprint density at radius 2 is 0.979 bits per heavy atom. The second-order valence-corrected chi connectivity index (χ2v) is 13.0. The van der Waals surface area contributed by atoms with Crippen molar-refractivity contribution in [2.45, 2.75) is 19.3 Å². The van der Waals surface area contributed by atoms with Crippen LogP contribution in [-0.4, -0.2) is 0 Å². The molecule has 0 saturated heterocycles. The lowest BCUT2D eigenvalue weighted by atomic mass is 9.81. The van der Waals surface area contributed by atoms with Crippen LogP contribution in [0.4, 0.5) is 17.1 Å². The fourth-order valence-electron chi connectivity index (χ4n) is 7.43. The smallest absolute Gasteiger partial charge is 0.135 e. The van der Waals surface area contributed by atoms with Crippen LogP contribution in [0.5, 0.6) is 0 Å². The summed E-state index contributed by atoms with van der Waals surface area (Å²) >= 11 is 0. The van der Waals surface area contributed by atoms with Gasteiger partial charge in [0.2, 0.25) is 0 Å². The van der Waals surface area contributed by atoms with E-state index >= 15 is 0 Å². The zero-order chi connectivity index (χ0) is 31.5. The molecule has 1 heterocycles. The Hall–Kier alpha value is -5.86. The third-order valence-corrected chi connectivity index (χ3v) is 9.85. The van der Waals surface area contributed by atoms with Gasteiger partial charge in [-0.15, -0.1) is 0 Å². The zero-order valence-electron chi connectivity index (χ0n) is 26.4. The lowest BCUT2D eigenvalue weighted by Crippen LogP contribution is -2.16. The molecule has 0 amide bonds. The Labute approximate surface area is 275 Å². The molecule has 0 N–H and O–H groups in total. The van der Waals surface area contributed by atoms with Crippen LogP contribution in [0.2, 0.25) is 0 Å². The molecule has 0 aliphatic heterocycles. The highest BCUT2D eigenvalue weighted by molar-refractivity contribution is 6.06. The Balaban J connectivity index is 1.13. The van der Waals surface area contributed by atoms with E-state index in [2.05, 4.69) is 170 Å². The normalized spacial score (nSPS) is 13.1. The van der Waals surface area contributed by atoms with E-state index in [-0.39, 0.29) is 5.41 Å². The van der Waals surface area contributed by atoms with Gasteiger partial charge in [0, 0.05) is 33.2 Å². The predicted molar refractivity (Wildman–Crippen MR) is 197 cm³/mol. The number of furan rings is 1. The van der Waals surface area contributed by atoms with Crippen LogP contribution in [0.1, 0.15) is 25.0 Å². The van der Waals surface area contributed by atoms with Crippen molar-refractivity contribution in [3.8, 4) is 33.4 Å². The minimum Gasteiger partial charge on any atom is -0.456 e. The maximum atomic E-state index is 6.11. The van der Waals surface area contributed by atoms with Crippen LogP contribution >= 0.6 is 0 Å². The van der Waals surface area contributed by atoms with Crippen LogP contribution in [0.25, 0.3) is 55.3 Å². The van der Waals surface area contributed by atoms with Gasteiger partial charge in [-0.2, -0.15) is 0 Å². The van der Waals surface area contributed by atoms with Crippen molar-refractivity contribution in [2.75, 3.05) is 4.90 Å². The van der Waals surface area contributed by atoms with Crippen LogP contribution in [0, 0.1) is 0 Å². The number of nitrogens with zero attached hydrogens (tertiary/aromatic N) is 1. The van der Waals surface area contributed by atoms with Gasteiger partial charge in [0.05, 0.1) is 0 Å². The summed E-state index contributed by atoms with van der Waals surface area (Å²) in [6, 6.07) is 59.0. The first-order chi connectivity index (χ1) is 23.0. The van der Waals surface area contributed by atoms with Gasteiger partial charge in [0.15, 0.2) is 0 Å². The van der Waals surface area contributed by atoms with Gasteiger partial charge >= 0.3 is 0 Å². The minimum absolute atomic E-state index is 0.169. The Kier molecular flexibility index (Phi) is 6.20. The molecule has 0 unspecified atom stereocenters. The van der Waals surface area contributed by atoms with Crippen molar-refractivity contribution < 1.29 is 4.42 Å². The van der Waals surface area contributed by atoms with Crippen LogP contribution in [-0.2, 0) is 5.41 Å². The second kappa shape index (κ2) is 10.6. The second-order valence-electron chi connectivity index (χ2n) is 13.0. The van der Waals surface area contributed by atoms with E-state index in [0.29, 0.717) is 0 Å². The van der Waals surface area contributed by atoms with Gasteiger partial charge in [-0.3, -0.25) is 0 Å². The van der Waals surface area contributed by atoms with Gasteiger partial charge in [0.25, 0.3) is 0 Å². The Morgan fingerprint density at radius 3 is 1.81 bits per heavy atom. The standard InChI is InChI=1S/C45H33NO/c1-45(2)41-28-33(32-21-25-44-40(27-32)39-18-9-10-19-43(39)47-44)20-23-37(41)38-24-22-36(29-42(38)45)46(34-15-7-4-8-16-34)35-17-11-14-31(26-35)30-12-5-3-6-13-30/h3-29H,1-2H3. The van der Waals surface area contributed by atoms with Gasteiger partial charge in [-0.25, -0.2) is 0 Å². The summed E-state index contributed by atoms with van der Waals surface area (Å²) in [5.41, 5.74) is 15.3. The number of hydrogen-bond acceptors (Lipinski definition) is 2. The molecule has 0 saturated carbocycles. The molecule has 1 aliphatic rings. The minimum atomic E-state index is -0.169. The van der Waals surface area contributed by atoms with E-state index in [1.54, 1.807) is 0 Å². The first-order valence-electron chi connectivity index (χ1n) is 16.3. The lowest BCUT2D eigenvalue weighted by Gasteiger charge is -2.28. The zero-order valence-corrected chi connectivity index (χ0v) is 26.4. The Morgan fingerprint density at radius 1 is 0.404 bits per heavy atom. The number of hydrogen-bond donors (Lipinski definition) is 0. The molecule has 224 valence electrons. The van der Waals surface area contributed by atoms with Gasteiger partial charge in [-0.1, -0.05) is 117 Å². The quantitative estimate of drug-likeness (QED) is 0.195. The first kappa shape index (κ1) is 27.5. The molecule has 8 aromatic rings. The summed E-state index contributed by atoms with van der Waals surface area (Å²) in [5.74, 6) is 0. The average molecular weight is 604 g/mol. The SMILES string of the molecule is CC1(C)c2cc(-c3ccc4oc5ccccc5c4c3)ccc2-c2ccc(N(c3ccccc3)c3cccc(-c4ccccc4)c3)cc21. The molecule has 0 fully saturated rings. The molecular formula is C45H33NO. The molecule has 1 aromatic heterocycles. The topological polar surface area (TPSA) is 16.4 Å². The number of fused-ring (bicyclic) bond motifs is 6. The van der Waals surface area contributed by atoms with E-state index in [4.69, 9.17) is 4.42 Å². The fraction of sp³-hybridized carbons (Fsp3) is 0.0667. The third kappa shape index (κ3) is 4.48. The van der Waals surface area contributed by atoms with Crippen molar-refractivity contribution in [1.82, 2.24) is 0 Å². The van der Waals surface area contributed by atoms with Crippen molar-refractivity contribution in [3.05, 3.63) is 175 Å². The van der Waals surface area contributed by atoms with E-state index in [0.717, 1.165) is 39.0 Å². The summed E-state index contributed by atoms with van der Waals surface area (Å²) < 4.78 is 6.11. The van der Waals surface area contributed by atoms with Crippen molar-refractivity contribution in [1.29, 1.82) is 0 Å². The van der Waals surface area contributed by atoms with E-state index in [1.807, 2.05) is 12.1 Å². The van der Waals surface area contributed by atoms with Gasteiger partial charge in [-0.05, 0) is 105 Å². The van der Waals surface area contributed by atoms with E-state index in [1.165, 1.54) is 44.5 Å². The lowest BCUT2D eigenvalue weighted by molar-refractivity contribution is 0.660. The molecule has 7 aromatic carbocycles. The summed E-state index contributed by atoms with van der Waals surface area (Å²) in [7, 11) is 0. The number of para-hydroxylation sites is 2. The summed E-state index contributed by atoms with van der Waals surface area (Å²) in [4.78, 5) is 2.38. The maximum Gasteiger partial charge on any atom is 0.135 e. The molecule has 2 heteroatoms. The van der Waals surface area contributed by atoms with Crippen molar-refractivity contribution in [3.63, 3.8) is 0 Å². The van der Waals surface area contributed by atoms with Crippen molar-refractivity contribution in [2.24, 2.45) is 0 Å². The highest BCUT2D eigenvalue weighted by Crippen LogP contribution is 2.52. The summed E-state index contributed by atoms with van der Waals surface area (Å²) in [6.07, 6.45) is 0. The molecule has 9 rings (SSSR count). The number of anilines is 3. The highest BCUT2D eigenvalue weighted by atomic mass is 16.3. The largest absolute Gasteiger partial charge is 0.456 e. The molecule has 2 nitrogen and oxygen atoms in total. The molecule has 0 bridgehead atoms. The van der Waals surface area contributed by atoms with Crippen LogP contribution in [0.3, 0.4) is 0 Å². The molecule has 47 heavy (non-hydrogen) atoms. The molecular weight excluding hydrogens is 571 g/mol.